The van der Waals surface area contributed by atoms with Gasteiger partial charge in [-0.25, -0.2) is 0 Å². The number of carbonyl (C=O) groups is 4. The van der Waals surface area contributed by atoms with E-state index in [0.717, 1.165) is 44.5 Å². The van der Waals surface area contributed by atoms with Gasteiger partial charge in [-0.1, -0.05) is 229 Å². The lowest BCUT2D eigenvalue weighted by molar-refractivity contribution is 0.102. The molecule has 366 valence electrons. The van der Waals surface area contributed by atoms with E-state index in [1.54, 1.807) is 12.1 Å². The summed E-state index contributed by atoms with van der Waals surface area (Å²) in [7, 11) is 0. The zero-order valence-corrected chi connectivity index (χ0v) is 44.5. The van der Waals surface area contributed by atoms with E-state index in [1.165, 1.54) is 0 Å². The molecule has 0 amide bonds. The summed E-state index contributed by atoms with van der Waals surface area (Å²) >= 11 is 0. The van der Waals surface area contributed by atoms with Gasteiger partial charge >= 0.3 is 0 Å². The highest BCUT2D eigenvalue weighted by molar-refractivity contribution is 6.15. The first-order valence-corrected chi connectivity index (χ1v) is 25.5. The third-order valence-corrected chi connectivity index (χ3v) is 14.8. The van der Waals surface area contributed by atoms with Crippen molar-refractivity contribution in [3.05, 3.63) is 271 Å². The van der Waals surface area contributed by atoms with E-state index in [1.807, 2.05) is 146 Å². The van der Waals surface area contributed by atoms with Crippen LogP contribution in [0.25, 0.3) is 11.1 Å². The number of hydrogen-bond donors (Lipinski definition) is 0. The van der Waals surface area contributed by atoms with Crippen LogP contribution in [0, 0.1) is 0 Å². The van der Waals surface area contributed by atoms with Crippen molar-refractivity contribution >= 4 is 23.1 Å². The molecule has 0 unspecified atom stereocenters. The molecule has 0 atom stereocenters. The van der Waals surface area contributed by atoms with Crippen molar-refractivity contribution < 1.29 is 19.2 Å². The lowest BCUT2D eigenvalue weighted by atomic mass is 9.66. The minimum Gasteiger partial charge on any atom is -0.289 e. The molecule has 0 aliphatic heterocycles. The number of carbonyl (C=O) groups excluding carboxylic acids is 4. The van der Waals surface area contributed by atoms with E-state index in [4.69, 9.17) is 0 Å². The Balaban J connectivity index is 1.34. The molecule has 4 heteroatoms. The van der Waals surface area contributed by atoms with Gasteiger partial charge in [0.05, 0.1) is 5.41 Å². The van der Waals surface area contributed by atoms with Crippen molar-refractivity contribution in [1.29, 1.82) is 0 Å². The number of benzene rings is 8. The van der Waals surface area contributed by atoms with Crippen molar-refractivity contribution in [3.8, 4) is 11.1 Å². The summed E-state index contributed by atoms with van der Waals surface area (Å²) < 4.78 is 0. The first-order chi connectivity index (χ1) is 34.3. The van der Waals surface area contributed by atoms with Crippen LogP contribution >= 0.6 is 0 Å². The fourth-order valence-electron chi connectivity index (χ4n) is 10.4. The average Bonchev–Trinajstić information content (AvgIpc) is 3.67. The summed E-state index contributed by atoms with van der Waals surface area (Å²) in [5.74, 6) is -0.921. The molecule has 1 aliphatic carbocycles. The highest BCUT2D eigenvalue weighted by Gasteiger charge is 2.47. The Morgan fingerprint density at radius 1 is 0.274 bits per heavy atom. The predicted octanol–water partition coefficient (Wildman–Crippen LogP) is 16.2. The summed E-state index contributed by atoms with van der Waals surface area (Å²) in [5.41, 5.74) is 11.1. The summed E-state index contributed by atoms with van der Waals surface area (Å²) in [4.78, 5) is 60.6. The lowest BCUT2D eigenvalue weighted by Gasteiger charge is -2.35. The van der Waals surface area contributed by atoms with Gasteiger partial charge in [-0.2, -0.15) is 0 Å². The minimum absolute atomic E-state index is 0.124. The molecule has 1 aliphatic rings. The predicted molar refractivity (Wildman–Crippen MR) is 298 cm³/mol. The normalized spacial score (nSPS) is 13.3. The van der Waals surface area contributed by atoms with E-state index < -0.39 is 5.41 Å². The third-order valence-electron chi connectivity index (χ3n) is 14.8. The standard InChI is InChI=1S/C69H66O4/c1-65(2,3)51-29-21-43(22-30-51)61(70)47-37-48(62(71)44-23-31-52(32-24-44)66(4,5)6)40-55(39-47)69(59-19-15-13-17-57(59)58-18-14-16-20-60(58)69)56-41-49(63(72)45-25-33-53(34-26-45)67(7,8)9)38-50(42-56)64(73)46-27-35-54(36-28-46)68(10,11)12/h13-42H,1-12H3. The summed E-state index contributed by atoms with van der Waals surface area (Å²) in [6.07, 6.45) is 0. The Morgan fingerprint density at radius 2 is 0.493 bits per heavy atom. The fourth-order valence-corrected chi connectivity index (χ4v) is 10.4. The van der Waals surface area contributed by atoms with Gasteiger partial charge in [-0.05, 0) is 114 Å². The minimum atomic E-state index is -1.23. The molecule has 0 N–H and O–H groups in total. The molecule has 0 aromatic heterocycles. The van der Waals surface area contributed by atoms with Crippen LogP contribution < -0.4 is 0 Å². The molecule has 0 spiro atoms. The van der Waals surface area contributed by atoms with Crippen molar-refractivity contribution in [3.63, 3.8) is 0 Å². The van der Waals surface area contributed by atoms with Gasteiger partial charge in [0.15, 0.2) is 23.1 Å². The maximum atomic E-state index is 15.1. The van der Waals surface area contributed by atoms with Crippen LogP contribution in [0.1, 0.15) is 191 Å². The molecular weight excluding hydrogens is 893 g/mol. The molecule has 8 aromatic carbocycles. The van der Waals surface area contributed by atoms with Crippen LogP contribution in [0.3, 0.4) is 0 Å². The molecule has 0 radical (unpaired) electrons. The molecule has 0 fully saturated rings. The van der Waals surface area contributed by atoms with Crippen LogP contribution in [0.5, 0.6) is 0 Å². The second kappa shape index (κ2) is 18.5. The van der Waals surface area contributed by atoms with Gasteiger partial charge in [0, 0.05) is 44.5 Å². The van der Waals surface area contributed by atoms with Gasteiger partial charge in [0.1, 0.15) is 0 Å². The summed E-state index contributed by atoms with van der Waals surface area (Å²) in [6.45, 7) is 25.7. The smallest absolute Gasteiger partial charge is 0.193 e. The van der Waals surface area contributed by atoms with Gasteiger partial charge < -0.3 is 0 Å². The Hall–Kier alpha value is -7.56. The largest absolute Gasteiger partial charge is 0.289 e. The van der Waals surface area contributed by atoms with Gasteiger partial charge in [0.25, 0.3) is 0 Å². The van der Waals surface area contributed by atoms with Crippen LogP contribution in [0.15, 0.2) is 182 Å². The molecule has 73 heavy (non-hydrogen) atoms. The molecule has 4 nitrogen and oxygen atoms in total. The molecule has 0 saturated carbocycles. The van der Waals surface area contributed by atoms with E-state index in [2.05, 4.69) is 107 Å². The van der Waals surface area contributed by atoms with E-state index in [-0.39, 0.29) is 44.8 Å². The fraction of sp³-hybridized carbons (Fsp3) is 0.246. The maximum Gasteiger partial charge on any atom is 0.193 e. The average molecular weight is 959 g/mol. The third kappa shape index (κ3) is 9.52. The Bertz CT molecular complexity index is 3040. The number of fused-ring (bicyclic) bond motifs is 3. The Labute approximate surface area is 432 Å². The van der Waals surface area contributed by atoms with E-state index >= 15 is 19.2 Å². The molecule has 9 rings (SSSR count). The van der Waals surface area contributed by atoms with Crippen molar-refractivity contribution in [1.82, 2.24) is 0 Å². The number of hydrogen-bond acceptors (Lipinski definition) is 4. The summed E-state index contributed by atoms with van der Waals surface area (Å²) in [6, 6.07) is 58.5. The van der Waals surface area contributed by atoms with Gasteiger partial charge in [0.2, 0.25) is 0 Å². The topological polar surface area (TPSA) is 68.3 Å². The van der Waals surface area contributed by atoms with Crippen molar-refractivity contribution in [2.45, 2.75) is 110 Å². The highest BCUT2D eigenvalue weighted by Crippen LogP contribution is 2.57. The van der Waals surface area contributed by atoms with E-state index in [9.17, 15) is 0 Å². The van der Waals surface area contributed by atoms with Crippen LogP contribution in [-0.2, 0) is 27.1 Å². The van der Waals surface area contributed by atoms with E-state index in [0.29, 0.717) is 55.6 Å². The van der Waals surface area contributed by atoms with Crippen molar-refractivity contribution in [2.75, 3.05) is 0 Å². The highest BCUT2D eigenvalue weighted by atomic mass is 16.1. The van der Waals surface area contributed by atoms with Crippen LogP contribution in [0.4, 0.5) is 0 Å². The Kier molecular flexibility index (Phi) is 12.8. The monoisotopic (exact) mass is 958 g/mol. The lowest BCUT2D eigenvalue weighted by Crippen LogP contribution is -2.30. The summed E-state index contributed by atoms with van der Waals surface area (Å²) in [5, 5.41) is 0. The van der Waals surface area contributed by atoms with Crippen molar-refractivity contribution in [2.24, 2.45) is 0 Å². The zero-order chi connectivity index (χ0) is 52.4. The molecular formula is C69H66O4. The maximum absolute atomic E-state index is 15.1. The first-order valence-electron chi connectivity index (χ1n) is 25.5. The number of rotatable bonds is 10. The van der Waals surface area contributed by atoms with Gasteiger partial charge in [-0.3, -0.25) is 19.2 Å². The molecule has 0 bridgehead atoms. The van der Waals surface area contributed by atoms with Crippen LogP contribution in [-0.4, -0.2) is 23.1 Å². The Morgan fingerprint density at radius 3 is 0.712 bits per heavy atom. The SMILES string of the molecule is CC(C)(C)c1ccc(C(=O)c2cc(C(=O)c3ccc(C(C)(C)C)cc3)cc(C3(c4cc(C(=O)c5ccc(C(C)(C)C)cc5)cc(C(=O)c5ccc(C(C)(C)C)cc5)c4)c4ccccc4-c4ccccc43)c2)cc1. The second-order valence-electron chi connectivity index (χ2n) is 24.1. The van der Waals surface area contributed by atoms with Crippen LogP contribution in [0.2, 0.25) is 0 Å². The second-order valence-corrected chi connectivity index (χ2v) is 24.1. The quantitative estimate of drug-likeness (QED) is 0.128. The molecule has 8 aromatic rings. The first kappa shape index (κ1) is 50.4. The molecule has 0 saturated heterocycles. The zero-order valence-electron chi connectivity index (χ0n) is 44.5. The molecule has 0 heterocycles. The number of ketones is 4. The van der Waals surface area contributed by atoms with Gasteiger partial charge in [-0.15, -0.1) is 0 Å².